The molecule has 0 aromatic carbocycles. The molecule has 1 fully saturated rings. The largest absolute Gasteiger partial charge is 0.390 e. The minimum absolute atomic E-state index is 0.154. The second-order valence-electron chi connectivity index (χ2n) is 7.50. The summed E-state index contributed by atoms with van der Waals surface area (Å²) in [6, 6.07) is 0. The molecule has 0 amide bonds. The van der Waals surface area contributed by atoms with Crippen molar-refractivity contribution < 1.29 is 9.84 Å². The normalized spacial score (nSPS) is 18.8. The molecule has 1 N–H and O–H groups in total. The maximum absolute atomic E-state index is 9.85. The summed E-state index contributed by atoms with van der Waals surface area (Å²) in [5, 5.41) is 9.85. The number of unbranched alkanes of at least 4 members (excludes halogenated alkanes) is 14. The molecule has 2 nitrogen and oxygen atoms in total. The zero-order chi connectivity index (χ0) is 16.6. The number of hydrogen-bond donors (Lipinski definition) is 1. The maximum atomic E-state index is 9.85. The SMILES string of the molecule is CCCCCCCCCCCCCCCCCC(O)C1CCO1. The average molecular weight is 327 g/mol. The summed E-state index contributed by atoms with van der Waals surface area (Å²) in [4.78, 5) is 0. The fourth-order valence-corrected chi connectivity index (χ4v) is 3.47. The van der Waals surface area contributed by atoms with E-state index in [0.717, 1.165) is 19.4 Å². The summed E-state index contributed by atoms with van der Waals surface area (Å²) in [6.45, 7) is 3.13. The number of hydrogen-bond acceptors (Lipinski definition) is 2. The van der Waals surface area contributed by atoms with Crippen molar-refractivity contribution in [2.75, 3.05) is 6.61 Å². The van der Waals surface area contributed by atoms with Gasteiger partial charge >= 0.3 is 0 Å². The summed E-state index contributed by atoms with van der Waals surface area (Å²) in [5.41, 5.74) is 0. The van der Waals surface area contributed by atoms with Gasteiger partial charge in [-0.1, -0.05) is 103 Å². The van der Waals surface area contributed by atoms with Crippen molar-refractivity contribution in [1.82, 2.24) is 0 Å². The average Bonchev–Trinajstić information content (AvgIpc) is 2.49. The summed E-state index contributed by atoms with van der Waals surface area (Å²) < 4.78 is 5.32. The van der Waals surface area contributed by atoms with Crippen LogP contribution in [0, 0.1) is 0 Å². The Hall–Kier alpha value is -0.0800. The Morgan fingerprint density at radius 1 is 0.739 bits per heavy atom. The first-order valence-electron chi connectivity index (χ1n) is 10.6. The van der Waals surface area contributed by atoms with Crippen molar-refractivity contribution in [2.24, 2.45) is 0 Å². The van der Waals surface area contributed by atoms with Gasteiger partial charge in [0.05, 0.1) is 12.2 Å². The zero-order valence-corrected chi connectivity index (χ0v) is 15.7. The molecule has 0 saturated carbocycles. The molecule has 0 aromatic heterocycles. The van der Waals surface area contributed by atoms with Crippen molar-refractivity contribution >= 4 is 0 Å². The Bertz CT molecular complexity index is 238. The van der Waals surface area contributed by atoms with Crippen molar-refractivity contribution in [3.63, 3.8) is 0 Å². The fourth-order valence-electron chi connectivity index (χ4n) is 3.47. The third-order valence-electron chi connectivity index (χ3n) is 5.27. The third-order valence-corrected chi connectivity index (χ3v) is 5.27. The zero-order valence-electron chi connectivity index (χ0n) is 15.7. The molecule has 1 aliphatic heterocycles. The highest BCUT2D eigenvalue weighted by Crippen LogP contribution is 2.20. The monoisotopic (exact) mass is 326 g/mol. The van der Waals surface area contributed by atoms with Gasteiger partial charge in [0.2, 0.25) is 0 Å². The Morgan fingerprint density at radius 3 is 1.48 bits per heavy atom. The quantitative estimate of drug-likeness (QED) is 0.313. The molecule has 0 aliphatic carbocycles. The Labute approximate surface area is 145 Å². The van der Waals surface area contributed by atoms with Crippen LogP contribution in [0.5, 0.6) is 0 Å². The molecular weight excluding hydrogens is 284 g/mol. The second-order valence-corrected chi connectivity index (χ2v) is 7.50. The van der Waals surface area contributed by atoms with Crippen LogP contribution in [0.2, 0.25) is 0 Å². The minimum Gasteiger partial charge on any atom is -0.390 e. The van der Waals surface area contributed by atoms with Crippen LogP contribution < -0.4 is 0 Å². The predicted octanol–water partition coefficient (Wildman–Crippen LogP) is 6.40. The lowest BCUT2D eigenvalue weighted by Crippen LogP contribution is -2.38. The van der Waals surface area contributed by atoms with E-state index in [4.69, 9.17) is 4.74 Å². The highest BCUT2D eigenvalue weighted by atomic mass is 16.5. The number of ether oxygens (including phenoxy) is 1. The van der Waals surface area contributed by atoms with Crippen LogP contribution in [-0.4, -0.2) is 23.9 Å². The molecule has 138 valence electrons. The standard InChI is InChI=1S/C21H42O2/c1-2-3-4-5-6-7-8-9-10-11-12-13-14-15-16-17-20(22)21-18-19-23-21/h20-22H,2-19H2,1H3. The van der Waals surface area contributed by atoms with Crippen LogP contribution >= 0.6 is 0 Å². The van der Waals surface area contributed by atoms with Gasteiger partial charge in [-0.3, -0.25) is 0 Å². The topological polar surface area (TPSA) is 29.5 Å². The van der Waals surface area contributed by atoms with Crippen LogP contribution in [0.25, 0.3) is 0 Å². The Kier molecular flexibility index (Phi) is 14.1. The van der Waals surface area contributed by atoms with E-state index in [1.54, 1.807) is 0 Å². The summed E-state index contributed by atoms with van der Waals surface area (Å²) in [7, 11) is 0. The lowest BCUT2D eigenvalue weighted by molar-refractivity contribution is -0.118. The van der Waals surface area contributed by atoms with Gasteiger partial charge in [-0.2, -0.15) is 0 Å². The van der Waals surface area contributed by atoms with Crippen molar-refractivity contribution in [2.45, 2.75) is 128 Å². The van der Waals surface area contributed by atoms with E-state index in [2.05, 4.69) is 6.92 Å². The fraction of sp³-hybridized carbons (Fsp3) is 1.00. The van der Waals surface area contributed by atoms with E-state index in [1.807, 2.05) is 0 Å². The minimum atomic E-state index is -0.203. The van der Waals surface area contributed by atoms with E-state index in [0.29, 0.717) is 0 Å². The van der Waals surface area contributed by atoms with Gasteiger partial charge < -0.3 is 9.84 Å². The van der Waals surface area contributed by atoms with Gasteiger partial charge in [0, 0.05) is 6.61 Å². The Balaban J connectivity index is 1.67. The predicted molar refractivity (Wildman–Crippen MR) is 99.9 cm³/mol. The molecule has 1 heterocycles. The summed E-state index contributed by atoms with van der Waals surface area (Å²) >= 11 is 0. The number of aliphatic hydroxyl groups is 1. The smallest absolute Gasteiger partial charge is 0.0855 e. The van der Waals surface area contributed by atoms with Gasteiger partial charge in [-0.25, -0.2) is 0 Å². The molecule has 0 spiro atoms. The van der Waals surface area contributed by atoms with Crippen LogP contribution in [0.15, 0.2) is 0 Å². The van der Waals surface area contributed by atoms with Crippen LogP contribution in [-0.2, 0) is 4.74 Å². The molecule has 1 saturated heterocycles. The van der Waals surface area contributed by atoms with E-state index in [9.17, 15) is 5.11 Å². The third kappa shape index (κ3) is 12.0. The highest BCUT2D eigenvalue weighted by molar-refractivity contribution is 4.75. The van der Waals surface area contributed by atoms with E-state index < -0.39 is 0 Å². The van der Waals surface area contributed by atoms with E-state index in [-0.39, 0.29) is 12.2 Å². The molecule has 2 heteroatoms. The summed E-state index contributed by atoms with van der Waals surface area (Å²) in [5.74, 6) is 0. The van der Waals surface area contributed by atoms with Crippen LogP contribution in [0.1, 0.15) is 116 Å². The second kappa shape index (κ2) is 15.4. The molecule has 1 aliphatic rings. The maximum Gasteiger partial charge on any atom is 0.0855 e. The van der Waals surface area contributed by atoms with Gasteiger partial charge in [-0.15, -0.1) is 0 Å². The van der Waals surface area contributed by atoms with Gasteiger partial charge in [0.25, 0.3) is 0 Å². The number of aliphatic hydroxyl groups excluding tert-OH is 1. The van der Waals surface area contributed by atoms with Gasteiger partial charge in [0.1, 0.15) is 0 Å². The van der Waals surface area contributed by atoms with Crippen LogP contribution in [0.3, 0.4) is 0 Å². The molecule has 2 atom stereocenters. The Morgan fingerprint density at radius 2 is 1.13 bits per heavy atom. The number of rotatable bonds is 17. The van der Waals surface area contributed by atoms with Gasteiger partial charge in [0.15, 0.2) is 0 Å². The lowest BCUT2D eigenvalue weighted by Gasteiger charge is -2.30. The molecule has 1 rings (SSSR count). The van der Waals surface area contributed by atoms with Crippen molar-refractivity contribution in [1.29, 1.82) is 0 Å². The van der Waals surface area contributed by atoms with Crippen LogP contribution in [0.4, 0.5) is 0 Å². The van der Waals surface area contributed by atoms with Gasteiger partial charge in [-0.05, 0) is 12.8 Å². The molecule has 2 unspecified atom stereocenters. The first-order chi connectivity index (χ1) is 11.3. The van der Waals surface area contributed by atoms with E-state index in [1.165, 1.54) is 96.3 Å². The van der Waals surface area contributed by atoms with Crippen molar-refractivity contribution in [3.05, 3.63) is 0 Å². The highest BCUT2D eigenvalue weighted by Gasteiger charge is 2.25. The molecule has 0 aromatic rings. The first kappa shape index (κ1) is 21.0. The lowest BCUT2D eigenvalue weighted by atomic mass is 10.00. The molecule has 0 bridgehead atoms. The molecule has 23 heavy (non-hydrogen) atoms. The molecule has 0 radical (unpaired) electrons. The summed E-state index contributed by atoms with van der Waals surface area (Å²) in [6.07, 6.45) is 22.9. The first-order valence-corrected chi connectivity index (χ1v) is 10.6. The molecular formula is C21H42O2. The van der Waals surface area contributed by atoms with Crippen molar-refractivity contribution in [3.8, 4) is 0 Å². The van der Waals surface area contributed by atoms with E-state index >= 15 is 0 Å².